The Kier molecular flexibility index (Phi) is 5.95. The molecule has 1 heterocycles. The Labute approximate surface area is 186 Å². The van der Waals surface area contributed by atoms with Crippen LogP contribution in [0.2, 0.25) is 0 Å². The first-order chi connectivity index (χ1) is 15.0. The van der Waals surface area contributed by atoms with Crippen LogP contribution in [0.3, 0.4) is 0 Å². The summed E-state index contributed by atoms with van der Waals surface area (Å²) < 4.78 is 11.6. The molecule has 154 valence electrons. The number of methoxy groups -OCH3 is 1. The van der Waals surface area contributed by atoms with Crippen LogP contribution in [-0.4, -0.2) is 18.0 Å². The van der Waals surface area contributed by atoms with Crippen molar-refractivity contribution < 1.29 is 13.9 Å². The van der Waals surface area contributed by atoms with E-state index < -0.39 is 5.63 Å². The van der Waals surface area contributed by atoms with Crippen molar-refractivity contribution in [2.45, 2.75) is 0 Å². The number of aromatic nitrogens is 1. The highest BCUT2D eigenvalue weighted by Crippen LogP contribution is 2.25. The number of hydrogen-bond acceptors (Lipinski definition) is 5. The lowest BCUT2D eigenvalue weighted by atomic mass is 10.1. The Balaban J connectivity index is 1.56. The van der Waals surface area contributed by atoms with Crippen molar-refractivity contribution in [1.29, 1.82) is 0 Å². The highest BCUT2D eigenvalue weighted by atomic mass is 79.9. The first kappa shape index (κ1) is 20.6. The molecule has 7 heteroatoms. The molecule has 6 nitrogen and oxygen atoms in total. The van der Waals surface area contributed by atoms with E-state index in [0.717, 1.165) is 10.0 Å². The molecule has 4 aromatic rings. The number of para-hydroxylation sites is 1. The number of halogens is 1. The van der Waals surface area contributed by atoms with Gasteiger partial charge in [0.2, 0.25) is 11.8 Å². The summed E-state index contributed by atoms with van der Waals surface area (Å²) in [6.07, 6.45) is 3.10. The van der Waals surface area contributed by atoms with Crippen LogP contribution in [0.1, 0.15) is 5.56 Å². The van der Waals surface area contributed by atoms with Gasteiger partial charge in [-0.05, 0) is 54.6 Å². The predicted octanol–water partition coefficient (Wildman–Crippen LogP) is 5.28. The lowest BCUT2D eigenvalue weighted by Gasteiger charge is -2.06. The minimum atomic E-state index is -0.457. The van der Waals surface area contributed by atoms with Gasteiger partial charge in [-0.15, -0.1) is 0 Å². The van der Waals surface area contributed by atoms with Crippen LogP contribution in [0, 0.1) is 0 Å². The topological polar surface area (TPSA) is 81.4 Å². The lowest BCUT2D eigenvalue weighted by molar-refractivity contribution is -0.111. The van der Waals surface area contributed by atoms with Gasteiger partial charge in [0.15, 0.2) is 0 Å². The van der Waals surface area contributed by atoms with Crippen LogP contribution in [-0.2, 0) is 4.79 Å². The summed E-state index contributed by atoms with van der Waals surface area (Å²) in [5.41, 5.74) is 1.99. The molecule has 1 N–H and O–H groups in total. The van der Waals surface area contributed by atoms with Gasteiger partial charge in [0, 0.05) is 27.4 Å². The first-order valence-electron chi connectivity index (χ1n) is 9.36. The van der Waals surface area contributed by atoms with Crippen molar-refractivity contribution in [3.63, 3.8) is 0 Å². The Bertz CT molecular complexity index is 1360. The van der Waals surface area contributed by atoms with E-state index in [0.29, 0.717) is 27.9 Å². The van der Waals surface area contributed by atoms with Crippen LogP contribution in [0.15, 0.2) is 86.5 Å². The Morgan fingerprint density at radius 3 is 2.77 bits per heavy atom. The Hall–Kier alpha value is -3.71. The Morgan fingerprint density at radius 2 is 1.94 bits per heavy atom. The molecule has 0 aliphatic rings. The maximum atomic E-state index is 12.4. The number of amides is 1. The van der Waals surface area contributed by atoms with E-state index in [2.05, 4.69) is 26.2 Å². The predicted molar refractivity (Wildman–Crippen MR) is 124 cm³/mol. The SMILES string of the molecule is COc1ccc(Br)cc1/C=C/C(=O)Nc1cccc(-c2nc3ccccc3c(=O)o2)c1. The number of benzene rings is 3. The number of hydrogen-bond donors (Lipinski definition) is 1. The van der Waals surface area contributed by atoms with Gasteiger partial charge < -0.3 is 14.5 Å². The molecule has 0 aliphatic carbocycles. The molecule has 0 fully saturated rings. The molecule has 0 saturated heterocycles. The second kappa shape index (κ2) is 8.97. The number of fused-ring (bicyclic) bond motifs is 1. The van der Waals surface area contributed by atoms with Crippen LogP contribution in [0.5, 0.6) is 5.75 Å². The molecule has 0 atom stereocenters. The fourth-order valence-electron chi connectivity index (χ4n) is 3.06. The maximum absolute atomic E-state index is 12.4. The van der Waals surface area contributed by atoms with Crippen molar-refractivity contribution in [1.82, 2.24) is 4.98 Å². The molecule has 0 radical (unpaired) electrons. The molecular formula is C24H17BrN2O4. The third kappa shape index (κ3) is 4.73. The van der Waals surface area contributed by atoms with E-state index in [-0.39, 0.29) is 11.8 Å². The molecule has 4 rings (SSSR count). The van der Waals surface area contributed by atoms with Crippen molar-refractivity contribution >= 4 is 44.5 Å². The molecule has 0 unspecified atom stereocenters. The lowest BCUT2D eigenvalue weighted by Crippen LogP contribution is -2.08. The fourth-order valence-corrected chi connectivity index (χ4v) is 3.44. The highest BCUT2D eigenvalue weighted by molar-refractivity contribution is 9.10. The van der Waals surface area contributed by atoms with Crippen LogP contribution in [0.25, 0.3) is 28.4 Å². The molecule has 0 aliphatic heterocycles. The van der Waals surface area contributed by atoms with Gasteiger partial charge in [-0.2, -0.15) is 0 Å². The average Bonchev–Trinajstić information content (AvgIpc) is 2.78. The van der Waals surface area contributed by atoms with Crippen LogP contribution >= 0.6 is 15.9 Å². The van der Waals surface area contributed by atoms with Gasteiger partial charge in [-0.1, -0.05) is 34.1 Å². The van der Waals surface area contributed by atoms with Gasteiger partial charge in [0.1, 0.15) is 5.75 Å². The Morgan fingerprint density at radius 1 is 1.10 bits per heavy atom. The first-order valence-corrected chi connectivity index (χ1v) is 10.2. The van der Waals surface area contributed by atoms with Crippen molar-refractivity contribution in [2.75, 3.05) is 12.4 Å². The normalized spacial score (nSPS) is 11.0. The second-order valence-electron chi connectivity index (χ2n) is 6.61. The number of carbonyl (C=O) groups is 1. The van der Waals surface area contributed by atoms with Crippen molar-refractivity contribution in [3.05, 3.63) is 93.3 Å². The molecule has 31 heavy (non-hydrogen) atoms. The quantitative estimate of drug-likeness (QED) is 0.396. The molecular weight excluding hydrogens is 460 g/mol. The van der Waals surface area contributed by atoms with Gasteiger partial charge >= 0.3 is 5.63 Å². The van der Waals surface area contributed by atoms with E-state index in [1.807, 2.05) is 24.3 Å². The number of carbonyl (C=O) groups excluding carboxylic acids is 1. The molecule has 1 aromatic heterocycles. The number of ether oxygens (including phenoxy) is 1. The number of anilines is 1. The zero-order chi connectivity index (χ0) is 21.8. The summed E-state index contributed by atoms with van der Waals surface area (Å²) in [4.78, 5) is 29.1. The minimum Gasteiger partial charge on any atom is -0.496 e. The standard InChI is InChI=1S/C24H17BrN2O4/c1-30-21-11-10-17(25)13-15(21)9-12-22(28)26-18-6-4-5-16(14-18)23-27-20-8-3-2-7-19(20)24(29)31-23/h2-14H,1H3,(H,26,28)/b12-9+. The molecule has 1 amide bonds. The molecule has 0 spiro atoms. The summed E-state index contributed by atoms with van der Waals surface area (Å²) in [5.74, 6) is 0.535. The third-order valence-electron chi connectivity index (χ3n) is 4.52. The summed E-state index contributed by atoms with van der Waals surface area (Å²) in [6.45, 7) is 0. The van der Waals surface area contributed by atoms with Gasteiger partial charge in [0.25, 0.3) is 0 Å². The van der Waals surface area contributed by atoms with E-state index in [1.165, 1.54) is 6.08 Å². The summed E-state index contributed by atoms with van der Waals surface area (Å²) in [6, 6.07) is 19.5. The van der Waals surface area contributed by atoms with Gasteiger partial charge in [-0.3, -0.25) is 4.79 Å². The molecule has 3 aromatic carbocycles. The third-order valence-corrected chi connectivity index (χ3v) is 5.01. The van der Waals surface area contributed by atoms with E-state index in [1.54, 1.807) is 55.7 Å². The average molecular weight is 477 g/mol. The smallest absolute Gasteiger partial charge is 0.347 e. The van der Waals surface area contributed by atoms with E-state index in [4.69, 9.17) is 9.15 Å². The molecule has 0 bridgehead atoms. The van der Waals surface area contributed by atoms with Crippen molar-refractivity contribution in [3.8, 4) is 17.2 Å². The number of nitrogens with zero attached hydrogens (tertiary/aromatic N) is 1. The highest BCUT2D eigenvalue weighted by Gasteiger charge is 2.09. The zero-order valence-corrected chi connectivity index (χ0v) is 18.0. The zero-order valence-electron chi connectivity index (χ0n) is 16.5. The largest absolute Gasteiger partial charge is 0.496 e. The summed E-state index contributed by atoms with van der Waals surface area (Å²) in [7, 11) is 1.57. The monoisotopic (exact) mass is 476 g/mol. The number of rotatable bonds is 5. The second-order valence-corrected chi connectivity index (χ2v) is 7.53. The van der Waals surface area contributed by atoms with Crippen LogP contribution < -0.4 is 15.7 Å². The summed E-state index contributed by atoms with van der Waals surface area (Å²) >= 11 is 3.41. The maximum Gasteiger partial charge on any atom is 0.347 e. The van der Waals surface area contributed by atoms with Gasteiger partial charge in [0.05, 0.1) is 18.0 Å². The fraction of sp³-hybridized carbons (Fsp3) is 0.0417. The van der Waals surface area contributed by atoms with Gasteiger partial charge in [-0.25, -0.2) is 9.78 Å². The molecule has 0 saturated carbocycles. The van der Waals surface area contributed by atoms with E-state index in [9.17, 15) is 9.59 Å². The summed E-state index contributed by atoms with van der Waals surface area (Å²) in [5, 5.41) is 3.22. The van der Waals surface area contributed by atoms with E-state index >= 15 is 0 Å². The minimum absolute atomic E-state index is 0.189. The van der Waals surface area contributed by atoms with Crippen molar-refractivity contribution in [2.24, 2.45) is 0 Å². The van der Waals surface area contributed by atoms with Crippen LogP contribution in [0.4, 0.5) is 5.69 Å². The number of nitrogens with one attached hydrogen (secondary N) is 1.